The van der Waals surface area contributed by atoms with Crippen molar-refractivity contribution in [3.05, 3.63) is 24.7 Å². The number of amidine groups is 1. The van der Waals surface area contributed by atoms with E-state index in [-0.39, 0.29) is 0 Å². The van der Waals surface area contributed by atoms with Crippen molar-refractivity contribution in [2.75, 3.05) is 13.1 Å². The quantitative estimate of drug-likeness (QED) is 0.533. The number of carbonyl (C=O) groups is 1. The Hall–Kier alpha value is -1.91. The maximum absolute atomic E-state index is 10.2. The molecule has 0 bridgehead atoms. The molecule has 18 heavy (non-hydrogen) atoms. The molecule has 0 spiro atoms. The minimum Gasteiger partial charge on any atom is -0.357 e. The number of rotatable bonds is 6. The van der Waals surface area contributed by atoms with Crippen LogP contribution in [0, 0.1) is 0 Å². The van der Waals surface area contributed by atoms with Crippen LogP contribution in [0.15, 0.2) is 34.8 Å². The number of aliphatic imine (C=N–C) groups is 1. The van der Waals surface area contributed by atoms with Crippen molar-refractivity contribution in [2.45, 2.75) is 26.7 Å². The van der Waals surface area contributed by atoms with E-state index in [0.717, 1.165) is 31.6 Å². The fourth-order valence-electron chi connectivity index (χ4n) is 1.61. The lowest BCUT2D eigenvalue weighted by Gasteiger charge is -2.26. The molecule has 5 heteroatoms. The molecular formula is C13H20N4O. The third-order valence-corrected chi connectivity index (χ3v) is 2.48. The maximum atomic E-state index is 10.2. The number of nitrogens with zero attached hydrogens (tertiary/aromatic N) is 4. The van der Waals surface area contributed by atoms with E-state index >= 15 is 0 Å². The summed E-state index contributed by atoms with van der Waals surface area (Å²) in [4.78, 5) is 16.8. The van der Waals surface area contributed by atoms with Crippen LogP contribution in [0.5, 0.6) is 0 Å². The van der Waals surface area contributed by atoms with Gasteiger partial charge in [-0.2, -0.15) is 5.10 Å². The van der Waals surface area contributed by atoms with Crippen LogP contribution in [0.1, 0.15) is 26.7 Å². The third-order valence-electron chi connectivity index (χ3n) is 2.48. The number of hydrogen-bond acceptors (Lipinski definition) is 5. The minimum atomic E-state index is 0.297. The molecule has 0 fully saturated rings. The van der Waals surface area contributed by atoms with E-state index in [0.29, 0.717) is 12.2 Å². The highest BCUT2D eigenvalue weighted by Crippen LogP contribution is 2.13. The van der Waals surface area contributed by atoms with Crippen LogP contribution in [0.4, 0.5) is 0 Å². The molecule has 98 valence electrons. The van der Waals surface area contributed by atoms with Crippen molar-refractivity contribution in [1.82, 2.24) is 9.91 Å². The second kappa shape index (κ2) is 7.42. The summed E-state index contributed by atoms with van der Waals surface area (Å²) in [6.07, 6.45) is 7.43. The van der Waals surface area contributed by atoms with Crippen LogP contribution >= 0.6 is 0 Å². The Morgan fingerprint density at radius 1 is 1.56 bits per heavy atom. The lowest BCUT2D eigenvalue weighted by atomic mass is 10.3. The van der Waals surface area contributed by atoms with Crippen molar-refractivity contribution < 1.29 is 4.79 Å². The Morgan fingerprint density at radius 3 is 2.89 bits per heavy atom. The molecule has 0 radical (unpaired) electrons. The number of aldehydes is 1. The SMILES string of the molecule is C=C1N=C(N(CC)CCC)C=CN1/N=C\CC=O. The van der Waals surface area contributed by atoms with Gasteiger partial charge < -0.3 is 9.69 Å². The van der Waals surface area contributed by atoms with Gasteiger partial charge >= 0.3 is 0 Å². The maximum Gasteiger partial charge on any atom is 0.148 e. The van der Waals surface area contributed by atoms with Crippen molar-refractivity contribution in [1.29, 1.82) is 0 Å². The molecule has 0 saturated heterocycles. The summed E-state index contributed by atoms with van der Waals surface area (Å²) in [5.41, 5.74) is 0. The summed E-state index contributed by atoms with van der Waals surface area (Å²) in [5, 5.41) is 5.65. The summed E-state index contributed by atoms with van der Waals surface area (Å²) in [7, 11) is 0. The molecule has 0 N–H and O–H groups in total. The molecule has 1 aliphatic rings. The number of likely N-dealkylation sites (N-methyl/N-ethyl adjacent to an activating group) is 1. The van der Waals surface area contributed by atoms with E-state index < -0.39 is 0 Å². The van der Waals surface area contributed by atoms with Gasteiger partial charge in [-0.3, -0.25) is 0 Å². The first kappa shape index (κ1) is 14.2. The van der Waals surface area contributed by atoms with Crippen molar-refractivity contribution in [3.8, 4) is 0 Å². The van der Waals surface area contributed by atoms with Crippen LogP contribution in [0.25, 0.3) is 0 Å². The minimum absolute atomic E-state index is 0.297. The van der Waals surface area contributed by atoms with Gasteiger partial charge in [-0.1, -0.05) is 13.5 Å². The van der Waals surface area contributed by atoms with E-state index in [9.17, 15) is 4.79 Å². The Labute approximate surface area is 108 Å². The summed E-state index contributed by atoms with van der Waals surface area (Å²) in [6.45, 7) is 9.99. The normalized spacial score (nSPS) is 15.1. The van der Waals surface area contributed by atoms with Gasteiger partial charge in [0.25, 0.3) is 0 Å². The highest BCUT2D eigenvalue weighted by Gasteiger charge is 2.13. The second-order valence-electron chi connectivity index (χ2n) is 3.83. The summed E-state index contributed by atoms with van der Waals surface area (Å²) in [5.74, 6) is 1.47. The summed E-state index contributed by atoms with van der Waals surface area (Å²) in [6, 6.07) is 0. The topological polar surface area (TPSA) is 48.3 Å². The summed E-state index contributed by atoms with van der Waals surface area (Å²) >= 11 is 0. The fourth-order valence-corrected chi connectivity index (χ4v) is 1.61. The molecule has 1 aliphatic heterocycles. The zero-order valence-corrected chi connectivity index (χ0v) is 11.0. The van der Waals surface area contributed by atoms with Crippen molar-refractivity contribution in [2.24, 2.45) is 10.1 Å². The van der Waals surface area contributed by atoms with Crippen LogP contribution in [-0.4, -0.2) is 41.3 Å². The van der Waals surface area contributed by atoms with Gasteiger partial charge in [0.1, 0.15) is 17.9 Å². The first-order chi connectivity index (χ1) is 8.72. The molecule has 1 heterocycles. The average molecular weight is 248 g/mol. The Kier molecular flexibility index (Phi) is 5.84. The van der Waals surface area contributed by atoms with E-state index in [1.165, 1.54) is 6.21 Å². The van der Waals surface area contributed by atoms with Crippen molar-refractivity contribution >= 4 is 18.3 Å². The fraction of sp³-hybridized carbons (Fsp3) is 0.462. The predicted octanol–water partition coefficient (Wildman–Crippen LogP) is 1.99. The van der Waals surface area contributed by atoms with E-state index in [1.807, 2.05) is 12.3 Å². The van der Waals surface area contributed by atoms with Crippen LogP contribution in [0.2, 0.25) is 0 Å². The van der Waals surface area contributed by atoms with Crippen LogP contribution in [0.3, 0.4) is 0 Å². The van der Waals surface area contributed by atoms with Gasteiger partial charge in [-0.05, 0) is 19.4 Å². The van der Waals surface area contributed by atoms with Gasteiger partial charge in [-0.25, -0.2) is 10.0 Å². The van der Waals surface area contributed by atoms with Gasteiger partial charge in [0.05, 0.1) is 0 Å². The van der Waals surface area contributed by atoms with Crippen LogP contribution in [-0.2, 0) is 4.79 Å². The number of hydrazone groups is 1. The van der Waals surface area contributed by atoms with E-state index in [1.54, 1.807) is 5.01 Å². The van der Waals surface area contributed by atoms with Gasteiger partial charge in [0.2, 0.25) is 0 Å². The molecular weight excluding hydrogens is 228 g/mol. The zero-order chi connectivity index (χ0) is 13.4. The zero-order valence-electron chi connectivity index (χ0n) is 11.0. The first-order valence-corrected chi connectivity index (χ1v) is 6.19. The number of carbonyl (C=O) groups excluding carboxylic acids is 1. The Bertz CT molecular complexity index is 384. The van der Waals surface area contributed by atoms with E-state index in [4.69, 9.17) is 0 Å². The first-order valence-electron chi connectivity index (χ1n) is 6.19. The molecule has 0 aromatic carbocycles. The summed E-state index contributed by atoms with van der Waals surface area (Å²) < 4.78 is 0. The van der Waals surface area contributed by atoms with Gasteiger partial charge in [0.15, 0.2) is 0 Å². The van der Waals surface area contributed by atoms with Gasteiger partial charge in [-0.15, -0.1) is 0 Å². The smallest absolute Gasteiger partial charge is 0.148 e. The standard InChI is InChI=1S/C13H20N4O/c1-4-9-16(5-2)13-7-10-17(12(3)15-13)14-8-6-11-18/h7-8,10-11H,3-6,9H2,1-2H3/b14-8-. The Balaban J connectivity index is 2.68. The predicted molar refractivity (Wildman–Crippen MR) is 74.3 cm³/mol. The molecule has 0 unspecified atom stereocenters. The Morgan fingerprint density at radius 2 is 2.33 bits per heavy atom. The number of hydrogen-bond donors (Lipinski definition) is 0. The lowest BCUT2D eigenvalue weighted by molar-refractivity contribution is -0.106. The molecule has 0 amide bonds. The molecule has 0 aromatic rings. The lowest BCUT2D eigenvalue weighted by Crippen LogP contribution is -2.32. The highest BCUT2D eigenvalue weighted by molar-refractivity contribution is 5.94. The molecule has 0 atom stereocenters. The molecule has 0 saturated carbocycles. The second-order valence-corrected chi connectivity index (χ2v) is 3.83. The average Bonchev–Trinajstić information content (AvgIpc) is 2.38. The molecule has 0 aromatic heterocycles. The largest absolute Gasteiger partial charge is 0.357 e. The molecule has 5 nitrogen and oxygen atoms in total. The molecule has 0 aliphatic carbocycles. The van der Waals surface area contributed by atoms with Crippen LogP contribution < -0.4 is 0 Å². The monoisotopic (exact) mass is 248 g/mol. The highest BCUT2D eigenvalue weighted by atomic mass is 16.1. The molecule has 1 rings (SSSR count). The van der Waals surface area contributed by atoms with E-state index in [2.05, 4.69) is 35.4 Å². The third kappa shape index (κ3) is 3.84. The van der Waals surface area contributed by atoms with Gasteiger partial charge in [0, 0.05) is 31.9 Å². The van der Waals surface area contributed by atoms with Crippen molar-refractivity contribution in [3.63, 3.8) is 0 Å².